The van der Waals surface area contributed by atoms with Crippen molar-refractivity contribution >= 4 is 45.4 Å². The standard InChI is InChI=1S/C24H27N5O4S2/c1-3-20-27-28-24(35-20)26-22(32)18-14-34-23(25-18)16-10-12-29(13-11-16)21(31)9-8-19(30)15-4-6-17(33-2)7-5-15/h4-7,14,16H,3,8-13H2,1-2H3,(H,26,28,32). The van der Waals surface area contributed by atoms with Crippen molar-refractivity contribution < 1.29 is 19.1 Å². The number of nitrogens with zero attached hydrogens (tertiary/aromatic N) is 4. The van der Waals surface area contributed by atoms with Gasteiger partial charge in [0.1, 0.15) is 16.5 Å². The zero-order chi connectivity index (χ0) is 24.8. The number of piperidine rings is 1. The molecule has 11 heteroatoms. The lowest BCUT2D eigenvalue weighted by molar-refractivity contribution is -0.132. The Bertz CT molecular complexity index is 1180. The number of amides is 2. The molecule has 35 heavy (non-hydrogen) atoms. The SMILES string of the molecule is CCc1nnc(NC(=O)c2csc(C3CCN(C(=O)CCC(=O)c4ccc(OC)cc4)CC3)n2)s1. The van der Waals surface area contributed by atoms with Crippen molar-refractivity contribution in [2.75, 3.05) is 25.5 Å². The molecule has 9 nitrogen and oxygen atoms in total. The fourth-order valence-corrected chi connectivity index (χ4v) is 5.51. The molecule has 2 amide bonds. The molecule has 0 radical (unpaired) electrons. The van der Waals surface area contributed by atoms with Crippen LogP contribution >= 0.6 is 22.7 Å². The Morgan fingerprint density at radius 3 is 2.51 bits per heavy atom. The van der Waals surface area contributed by atoms with Gasteiger partial charge in [-0.05, 0) is 43.5 Å². The van der Waals surface area contributed by atoms with Crippen molar-refractivity contribution in [3.63, 3.8) is 0 Å². The fraction of sp³-hybridized carbons (Fsp3) is 0.417. The lowest BCUT2D eigenvalue weighted by Crippen LogP contribution is -2.38. The molecular formula is C24H27N5O4S2. The summed E-state index contributed by atoms with van der Waals surface area (Å²) in [5.41, 5.74) is 0.951. The summed E-state index contributed by atoms with van der Waals surface area (Å²) >= 11 is 2.82. The van der Waals surface area contributed by atoms with Gasteiger partial charge in [-0.25, -0.2) is 4.98 Å². The third kappa shape index (κ3) is 6.29. The first-order valence-electron chi connectivity index (χ1n) is 11.5. The Hall–Kier alpha value is -3.18. The number of hydrogen-bond acceptors (Lipinski definition) is 9. The van der Waals surface area contributed by atoms with Crippen LogP contribution in [-0.4, -0.2) is 57.9 Å². The molecule has 2 aromatic heterocycles. The van der Waals surface area contributed by atoms with E-state index in [-0.39, 0.29) is 36.4 Å². The number of ether oxygens (including phenoxy) is 1. The summed E-state index contributed by atoms with van der Waals surface area (Å²) in [6.07, 6.45) is 2.72. The van der Waals surface area contributed by atoms with E-state index in [1.54, 1.807) is 36.8 Å². The summed E-state index contributed by atoms with van der Waals surface area (Å²) in [6, 6.07) is 6.92. The number of aromatic nitrogens is 3. The number of carbonyl (C=O) groups excluding carboxylic acids is 3. The molecule has 3 heterocycles. The van der Waals surface area contributed by atoms with Gasteiger partial charge in [0.15, 0.2) is 5.78 Å². The molecular weight excluding hydrogens is 486 g/mol. The molecule has 3 aromatic rings. The zero-order valence-electron chi connectivity index (χ0n) is 19.7. The van der Waals surface area contributed by atoms with Crippen molar-refractivity contribution in [1.82, 2.24) is 20.1 Å². The lowest BCUT2D eigenvalue weighted by Gasteiger charge is -2.31. The first-order chi connectivity index (χ1) is 17.0. The van der Waals surface area contributed by atoms with Crippen LogP contribution in [0.3, 0.4) is 0 Å². The van der Waals surface area contributed by atoms with E-state index in [9.17, 15) is 14.4 Å². The molecule has 1 saturated heterocycles. The highest BCUT2D eigenvalue weighted by molar-refractivity contribution is 7.15. The molecule has 1 N–H and O–H groups in total. The molecule has 1 aliphatic heterocycles. The second-order valence-electron chi connectivity index (χ2n) is 8.19. The molecule has 0 atom stereocenters. The predicted molar refractivity (Wildman–Crippen MR) is 134 cm³/mol. The minimum absolute atomic E-state index is 0.00646. The Balaban J connectivity index is 1.23. The van der Waals surface area contributed by atoms with Crippen LogP contribution in [0.1, 0.15) is 69.4 Å². The van der Waals surface area contributed by atoms with Gasteiger partial charge < -0.3 is 9.64 Å². The Morgan fingerprint density at radius 2 is 1.86 bits per heavy atom. The van der Waals surface area contributed by atoms with Gasteiger partial charge in [-0.15, -0.1) is 21.5 Å². The van der Waals surface area contributed by atoms with Crippen LogP contribution in [0.15, 0.2) is 29.6 Å². The Morgan fingerprint density at radius 1 is 1.11 bits per heavy atom. The molecule has 0 unspecified atom stereocenters. The maximum absolute atomic E-state index is 12.6. The molecule has 184 valence electrons. The largest absolute Gasteiger partial charge is 0.497 e. The van der Waals surface area contributed by atoms with Crippen LogP contribution in [0, 0.1) is 0 Å². The first kappa shape index (κ1) is 24.9. The molecule has 1 aliphatic rings. The predicted octanol–water partition coefficient (Wildman–Crippen LogP) is 4.19. The van der Waals surface area contributed by atoms with Crippen molar-refractivity contribution in [2.24, 2.45) is 0 Å². The lowest BCUT2D eigenvalue weighted by atomic mass is 9.97. The highest BCUT2D eigenvalue weighted by Crippen LogP contribution is 2.31. The van der Waals surface area contributed by atoms with Crippen LogP contribution in [-0.2, 0) is 11.2 Å². The number of ketones is 1. The van der Waals surface area contributed by atoms with Gasteiger partial charge in [0.2, 0.25) is 11.0 Å². The highest BCUT2D eigenvalue weighted by Gasteiger charge is 2.27. The van der Waals surface area contributed by atoms with Gasteiger partial charge in [0.25, 0.3) is 5.91 Å². The van der Waals surface area contributed by atoms with Crippen LogP contribution < -0.4 is 10.1 Å². The number of benzene rings is 1. The van der Waals surface area contributed by atoms with Crippen LogP contribution in [0.25, 0.3) is 0 Å². The second-order valence-corrected chi connectivity index (χ2v) is 10.1. The number of thiazole rings is 1. The molecule has 0 spiro atoms. The molecule has 0 saturated carbocycles. The number of aryl methyl sites for hydroxylation is 1. The number of likely N-dealkylation sites (tertiary alicyclic amines) is 1. The van der Waals surface area contributed by atoms with Gasteiger partial charge >= 0.3 is 0 Å². The van der Waals surface area contributed by atoms with Crippen molar-refractivity contribution in [3.8, 4) is 5.75 Å². The summed E-state index contributed by atoms with van der Waals surface area (Å²) in [7, 11) is 1.58. The minimum Gasteiger partial charge on any atom is -0.497 e. The maximum atomic E-state index is 12.6. The summed E-state index contributed by atoms with van der Waals surface area (Å²) < 4.78 is 5.11. The number of carbonyl (C=O) groups is 3. The molecule has 4 rings (SSSR count). The number of methoxy groups -OCH3 is 1. The number of Topliss-reactive ketones (excluding diaryl/α,β-unsaturated/α-hetero) is 1. The highest BCUT2D eigenvalue weighted by atomic mass is 32.1. The molecule has 1 fully saturated rings. The Kier molecular flexibility index (Phi) is 8.19. The first-order valence-corrected chi connectivity index (χ1v) is 13.2. The van der Waals surface area contributed by atoms with Gasteiger partial charge in [-0.1, -0.05) is 18.3 Å². The molecule has 0 bridgehead atoms. The van der Waals surface area contributed by atoms with E-state index < -0.39 is 0 Å². The van der Waals surface area contributed by atoms with Crippen LogP contribution in [0.4, 0.5) is 5.13 Å². The van der Waals surface area contributed by atoms with E-state index in [1.807, 2.05) is 11.8 Å². The number of nitrogens with one attached hydrogen (secondary N) is 1. The quantitative estimate of drug-likeness (QED) is 0.427. The van der Waals surface area contributed by atoms with Crippen LogP contribution in [0.2, 0.25) is 0 Å². The van der Waals surface area contributed by atoms with E-state index in [2.05, 4.69) is 20.5 Å². The second kappa shape index (κ2) is 11.5. The maximum Gasteiger partial charge on any atom is 0.276 e. The monoisotopic (exact) mass is 513 g/mol. The van der Waals surface area contributed by atoms with Crippen molar-refractivity contribution in [2.45, 2.75) is 44.9 Å². The summed E-state index contributed by atoms with van der Waals surface area (Å²) in [4.78, 5) is 43.9. The van der Waals surface area contributed by atoms with Gasteiger partial charge in [0.05, 0.1) is 12.1 Å². The number of anilines is 1. The Labute approximate surface area is 211 Å². The third-order valence-corrected chi connectivity index (χ3v) is 7.91. The van der Waals surface area contributed by atoms with E-state index in [1.165, 1.54) is 22.7 Å². The molecule has 0 aliphatic carbocycles. The van der Waals surface area contributed by atoms with Crippen LogP contribution in [0.5, 0.6) is 5.75 Å². The molecule has 1 aromatic carbocycles. The van der Waals surface area contributed by atoms with E-state index in [0.717, 1.165) is 29.3 Å². The van der Waals surface area contributed by atoms with E-state index in [0.29, 0.717) is 35.2 Å². The van der Waals surface area contributed by atoms with Gasteiger partial charge in [-0.3, -0.25) is 19.7 Å². The van der Waals surface area contributed by atoms with E-state index >= 15 is 0 Å². The fourth-order valence-electron chi connectivity index (χ4n) is 3.86. The summed E-state index contributed by atoms with van der Waals surface area (Å²) in [5, 5.41) is 14.7. The van der Waals surface area contributed by atoms with Gasteiger partial charge in [-0.2, -0.15) is 0 Å². The number of rotatable bonds is 9. The smallest absolute Gasteiger partial charge is 0.276 e. The third-order valence-electron chi connectivity index (χ3n) is 5.92. The van der Waals surface area contributed by atoms with Crippen molar-refractivity contribution in [3.05, 3.63) is 50.9 Å². The average molecular weight is 514 g/mol. The zero-order valence-corrected chi connectivity index (χ0v) is 21.3. The number of hydrogen-bond donors (Lipinski definition) is 1. The topological polar surface area (TPSA) is 114 Å². The van der Waals surface area contributed by atoms with Gasteiger partial charge in [0, 0.05) is 42.8 Å². The van der Waals surface area contributed by atoms with Crippen molar-refractivity contribution in [1.29, 1.82) is 0 Å². The average Bonchev–Trinajstić information content (AvgIpc) is 3.57. The van der Waals surface area contributed by atoms with E-state index in [4.69, 9.17) is 4.74 Å². The summed E-state index contributed by atoms with van der Waals surface area (Å²) in [5.74, 6) is 0.549. The summed E-state index contributed by atoms with van der Waals surface area (Å²) in [6.45, 7) is 3.22. The minimum atomic E-state index is -0.291. The normalized spacial score (nSPS) is 14.1.